The van der Waals surface area contributed by atoms with Crippen LogP contribution in [0.3, 0.4) is 0 Å². The fraction of sp³-hybridized carbons (Fsp3) is 0. The molecule has 0 radical (unpaired) electrons. The maximum absolute atomic E-state index is 10.7. The minimum Gasteiger partial charge on any atom is -0.427 e. The van der Waals surface area contributed by atoms with Crippen LogP contribution in [-0.2, 0) is 0 Å². The molecule has 0 saturated heterocycles. The molecule has 0 fully saturated rings. The summed E-state index contributed by atoms with van der Waals surface area (Å²) < 4.78 is 0.752. The predicted molar refractivity (Wildman–Crippen MR) is 51.5 cm³/mol. The largest absolute Gasteiger partial charge is 0.427 e. The Morgan fingerprint density at radius 2 is 2.13 bits per heavy atom. The number of aromatic nitrogens is 2. The average molecular weight is 205 g/mol. The van der Waals surface area contributed by atoms with Crippen LogP contribution in [0.4, 0.5) is 5.69 Å². The first-order valence-corrected chi connectivity index (χ1v) is 4.16. The zero-order valence-corrected chi connectivity index (χ0v) is 7.57. The van der Waals surface area contributed by atoms with Gasteiger partial charge in [-0.2, -0.15) is 4.73 Å². The Morgan fingerprint density at radius 3 is 2.73 bits per heavy atom. The van der Waals surface area contributed by atoms with E-state index in [-0.39, 0.29) is 17.1 Å². The molecule has 6 heteroatoms. The SMILES string of the molecule is O=[N+]([O-])c1ccccc1-c1nccn1O. The van der Waals surface area contributed by atoms with E-state index in [1.165, 1.54) is 24.5 Å². The Morgan fingerprint density at radius 1 is 1.40 bits per heavy atom. The van der Waals surface area contributed by atoms with Gasteiger partial charge in [0.1, 0.15) is 0 Å². The normalized spacial score (nSPS) is 10.1. The summed E-state index contributed by atoms with van der Waals surface area (Å²) in [7, 11) is 0. The van der Waals surface area contributed by atoms with E-state index in [4.69, 9.17) is 0 Å². The van der Waals surface area contributed by atoms with E-state index in [1.807, 2.05) is 0 Å². The molecule has 0 aliphatic rings. The zero-order valence-electron chi connectivity index (χ0n) is 7.57. The van der Waals surface area contributed by atoms with Crippen LogP contribution in [0.15, 0.2) is 36.7 Å². The second-order valence-corrected chi connectivity index (χ2v) is 2.87. The zero-order chi connectivity index (χ0) is 10.8. The van der Waals surface area contributed by atoms with E-state index in [0.29, 0.717) is 0 Å². The van der Waals surface area contributed by atoms with Gasteiger partial charge in [0.25, 0.3) is 5.69 Å². The average Bonchev–Trinajstić information content (AvgIpc) is 2.64. The lowest BCUT2D eigenvalue weighted by Crippen LogP contribution is -1.97. The smallest absolute Gasteiger partial charge is 0.280 e. The lowest BCUT2D eigenvalue weighted by molar-refractivity contribution is -0.384. The van der Waals surface area contributed by atoms with Crippen molar-refractivity contribution in [3.05, 3.63) is 46.8 Å². The van der Waals surface area contributed by atoms with Crippen LogP contribution >= 0.6 is 0 Å². The summed E-state index contributed by atoms with van der Waals surface area (Å²) >= 11 is 0. The van der Waals surface area contributed by atoms with Crippen molar-refractivity contribution >= 4 is 5.69 Å². The molecule has 0 bridgehead atoms. The summed E-state index contributed by atoms with van der Waals surface area (Å²) in [6, 6.07) is 6.11. The van der Waals surface area contributed by atoms with Crippen LogP contribution < -0.4 is 0 Å². The standard InChI is InChI=1S/C9H7N3O3/c13-11-6-5-10-9(11)7-3-1-2-4-8(7)12(14)15/h1-6,13H. The van der Waals surface area contributed by atoms with Crippen molar-refractivity contribution in [3.63, 3.8) is 0 Å². The van der Waals surface area contributed by atoms with Gasteiger partial charge in [0.2, 0.25) is 0 Å². The molecule has 6 nitrogen and oxygen atoms in total. The van der Waals surface area contributed by atoms with E-state index >= 15 is 0 Å². The lowest BCUT2D eigenvalue weighted by Gasteiger charge is -2.01. The van der Waals surface area contributed by atoms with E-state index < -0.39 is 4.92 Å². The second-order valence-electron chi connectivity index (χ2n) is 2.87. The number of nitro benzene ring substituents is 1. The Bertz CT molecular complexity index is 507. The summed E-state index contributed by atoms with van der Waals surface area (Å²) in [5.74, 6) is 0.155. The molecule has 0 unspecified atom stereocenters. The highest BCUT2D eigenvalue weighted by molar-refractivity contribution is 5.67. The third-order valence-electron chi connectivity index (χ3n) is 1.96. The van der Waals surface area contributed by atoms with Crippen molar-refractivity contribution in [2.75, 3.05) is 0 Å². The monoisotopic (exact) mass is 205 g/mol. The number of nitrogens with zero attached hydrogens (tertiary/aromatic N) is 3. The molecule has 0 amide bonds. The lowest BCUT2D eigenvalue weighted by atomic mass is 10.2. The molecule has 76 valence electrons. The first-order valence-electron chi connectivity index (χ1n) is 4.16. The molecule has 2 rings (SSSR count). The number of benzene rings is 1. The van der Waals surface area contributed by atoms with Gasteiger partial charge < -0.3 is 5.21 Å². The first-order chi connectivity index (χ1) is 7.20. The molecule has 0 aliphatic heterocycles. The summed E-state index contributed by atoms with van der Waals surface area (Å²) in [5, 5.41) is 20.1. The number of imidazole rings is 1. The van der Waals surface area contributed by atoms with E-state index in [1.54, 1.807) is 12.1 Å². The van der Waals surface area contributed by atoms with E-state index in [0.717, 1.165) is 4.73 Å². The van der Waals surface area contributed by atoms with E-state index in [2.05, 4.69) is 4.98 Å². The fourth-order valence-corrected chi connectivity index (χ4v) is 1.31. The predicted octanol–water partition coefficient (Wildman–Crippen LogP) is 1.70. The highest BCUT2D eigenvalue weighted by Gasteiger charge is 2.17. The van der Waals surface area contributed by atoms with Crippen molar-refractivity contribution in [1.82, 2.24) is 9.71 Å². The second kappa shape index (κ2) is 3.41. The topological polar surface area (TPSA) is 81.2 Å². The van der Waals surface area contributed by atoms with Crippen molar-refractivity contribution < 1.29 is 10.1 Å². The van der Waals surface area contributed by atoms with Crippen LogP contribution in [0.25, 0.3) is 11.4 Å². The molecular formula is C9H7N3O3. The minimum absolute atomic E-state index is 0.0843. The Kier molecular flexibility index (Phi) is 2.09. The first kappa shape index (κ1) is 9.20. The highest BCUT2D eigenvalue weighted by atomic mass is 16.6. The van der Waals surface area contributed by atoms with Crippen LogP contribution in [0.1, 0.15) is 0 Å². The molecule has 2 aromatic rings. The molecule has 1 heterocycles. The summed E-state index contributed by atoms with van der Waals surface area (Å²) in [5.41, 5.74) is 0.203. The maximum atomic E-state index is 10.7. The minimum atomic E-state index is -0.510. The quantitative estimate of drug-likeness (QED) is 0.459. The van der Waals surface area contributed by atoms with Gasteiger partial charge >= 0.3 is 0 Å². The molecule has 0 spiro atoms. The summed E-state index contributed by atoms with van der Waals surface area (Å²) in [6.45, 7) is 0. The van der Waals surface area contributed by atoms with Gasteiger partial charge in [0.05, 0.1) is 16.7 Å². The van der Waals surface area contributed by atoms with Crippen LogP contribution in [0, 0.1) is 10.1 Å². The number of hydrogen-bond acceptors (Lipinski definition) is 4. The molecule has 0 aliphatic carbocycles. The number of hydrogen-bond donors (Lipinski definition) is 1. The van der Waals surface area contributed by atoms with Crippen molar-refractivity contribution in [2.45, 2.75) is 0 Å². The third kappa shape index (κ3) is 1.52. The fourth-order valence-electron chi connectivity index (χ4n) is 1.31. The third-order valence-corrected chi connectivity index (χ3v) is 1.96. The molecule has 15 heavy (non-hydrogen) atoms. The Hall–Kier alpha value is -2.37. The van der Waals surface area contributed by atoms with Gasteiger partial charge in [-0.3, -0.25) is 10.1 Å². The highest BCUT2D eigenvalue weighted by Crippen LogP contribution is 2.27. The van der Waals surface area contributed by atoms with Gasteiger partial charge in [-0.25, -0.2) is 4.98 Å². The number of rotatable bonds is 2. The van der Waals surface area contributed by atoms with Gasteiger partial charge in [0, 0.05) is 12.3 Å². The Labute approximate surface area is 84.5 Å². The summed E-state index contributed by atoms with van der Waals surface area (Å²) in [6.07, 6.45) is 2.68. The van der Waals surface area contributed by atoms with Crippen molar-refractivity contribution in [3.8, 4) is 11.4 Å². The molecule has 1 aromatic carbocycles. The number of nitro groups is 1. The van der Waals surface area contributed by atoms with Crippen LogP contribution in [-0.4, -0.2) is 19.8 Å². The summed E-state index contributed by atoms with van der Waals surface area (Å²) in [4.78, 5) is 14.0. The van der Waals surface area contributed by atoms with Crippen molar-refractivity contribution in [1.29, 1.82) is 0 Å². The molecule has 0 saturated carbocycles. The molecule has 1 aromatic heterocycles. The van der Waals surface area contributed by atoms with Crippen LogP contribution in [0.2, 0.25) is 0 Å². The molecule has 1 N–H and O–H groups in total. The van der Waals surface area contributed by atoms with Crippen molar-refractivity contribution in [2.24, 2.45) is 0 Å². The number of para-hydroxylation sites is 1. The molecule has 0 atom stereocenters. The van der Waals surface area contributed by atoms with E-state index in [9.17, 15) is 15.3 Å². The maximum Gasteiger partial charge on any atom is 0.280 e. The van der Waals surface area contributed by atoms with Crippen LogP contribution in [0.5, 0.6) is 0 Å². The van der Waals surface area contributed by atoms with Gasteiger partial charge in [-0.15, -0.1) is 0 Å². The van der Waals surface area contributed by atoms with Gasteiger partial charge in [-0.05, 0) is 6.07 Å². The Balaban J connectivity index is 2.63. The van der Waals surface area contributed by atoms with Gasteiger partial charge in [0.15, 0.2) is 5.82 Å². The van der Waals surface area contributed by atoms with Gasteiger partial charge in [-0.1, -0.05) is 12.1 Å². The molecular weight excluding hydrogens is 198 g/mol.